The lowest BCUT2D eigenvalue weighted by Gasteiger charge is -2.19. The van der Waals surface area contributed by atoms with Crippen LogP contribution >= 0.6 is 0 Å². The van der Waals surface area contributed by atoms with Crippen LogP contribution < -0.4 is 0 Å². The molecule has 1 atom stereocenters. The minimum Gasteiger partial charge on any atom is -0.468 e. The Bertz CT molecular complexity index is 207. The van der Waals surface area contributed by atoms with Gasteiger partial charge in [-0.15, -0.1) is 6.42 Å². The summed E-state index contributed by atoms with van der Waals surface area (Å²) in [7, 11) is 1.41. The first kappa shape index (κ1) is 9.08. The average Bonchev–Trinajstić information content (AvgIpc) is 2.52. The maximum absolute atomic E-state index is 11.2. The van der Waals surface area contributed by atoms with Crippen LogP contribution in [0.25, 0.3) is 0 Å². The van der Waals surface area contributed by atoms with E-state index in [-0.39, 0.29) is 12.0 Å². The van der Waals surface area contributed by atoms with Gasteiger partial charge < -0.3 is 4.74 Å². The van der Waals surface area contributed by atoms with E-state index in [9.17, 15) is 4.79 Å². The van der Waals surface area contributed by atoms with Crippen LogP contribution in [0.2, 0.25) is 0 Å². The lowest BCUT2D eigenvalue weighted by molar-refractivity contribution is -0.145. The Hall–Kier alpha value is -1.01. The largest absolute Gasteiger partial charge is 0.468 e. The van der Waals surface area contributed by atoms with Crippen LogP contribution in [0.3, 0.4) is 0 Å². The van der Waals surface area contributed by atoms with Gasteiger partial charge in [0.1, 0.15) is 6.04 Å². The predicted octanol–water partition coefficient (Wildman–Crippen LogP) is 0.257. The second-order valence-corrected chi connectivity index (χ2v) is 2.86. The molecule has 0 bridgehead atoms. The minimum absolute atomic E-state index is 0.106. The van der Waals surface area contributed by atoms with Gasteiger partial charge in [-0.2, -0.15) is 0 Å². The molecule has 1 aliphatic heterocycles. The van der Waals surface area contributed by atoms with E-state index in [0.29, 0.717) is 6.54 Å². The van der Waals surface area contributed by atoms with Crippen molar-refractivity contribution >= 4 is 5.97 Å². The Kier molecular flexibility index (Phi) is 3.12. The van der Waals surface area contributed by atoms with Gasteiger partial charge in [0.25, 0.3) is 0 Å². The molecule has 1 rings (SSSR count). The summed E-state index contributed by atoms with van der Waals surface area (Å²) < 4.78 is 4.66. The first-order valence-electron chi connectivity index (χ1n) is 4.05. The number of terminal acetylenes is 1. The summed E-state index contributed by atoms with van der Waals surface area (Å²) >= 11 is 0. The molecule has 3 nitrogen and oxygen atoms in total. The SMILES string of the molecule is C#CCN1CCC[C@H]1C(=O)OC. The Labute approximate surface area is 72.7 Å². The zero-order valence-corrected chi connectivity index (χ0v) is 7.25. The van der Waals surface area contributed by atoms with Gasteiger partial charge in [-0.25, -0.2) is 0 Å². The normalized spacial score (nSPS) is 23.5. The van der Waals surface area contributed by atoms with Gasteiger partial charge in [0.15, 0.2) is 0 Å². The molecule has 0 radical (unpaired) electrons. The van der Waals surface area contributed by atoms with Gasteiger partial charge in [0, 0.05) is 6.54 Å². The molecule has 1 heterocycles. The number of ether oxygens (including phenoxy) is 1. The second kappa shape index (κ2) is 4.13. The number of carbonyl (C=O) groups excluding carboxylic acids is 1. The maximum atomic E-state index is 11.2. The van der Waals surface area contributed by atoms with Gasteiger partial charge >= 0.3 is 5.97 Å². The van der Waals surface area contributed by atoms with Crippen molar-refractivity contribution in [3.63, 3.8) is 0 Å². The molecule has 1 fully saturated rings. The summed E-state index contributed by atoms with van der Waals surface area (Å²) in [5.41, 5.74) is 0. The summed E-state index contributed by atoms with van der Waals surface area (Å²) in [4.78, 5) is 13.1. The minimum atomic E-state index is -0.164. The third-order valence-corrected chi connectivity index (χ3v) is 2.13. The fourth-order valence-electron chi connectivity index (χ4n) is 1.54. The van der Waals surface area contributed by atoms with Crippen molar-refractivity contribution in [1.82, 2.24) is 4.90 Å². The molecule has 0 aromatic carbocycles. The predicted molar refractivity (Wildman–Crippen MR) is 45.4 cm³/mol. The summed E-state index contributed by atoms with van der Waals surface area (Å²) in [5.74, 6) is 2.37. The van der Waals surface area contributed by atoms with Crippen LogP contribution in [0.15, 0.2) is 0 Å². The van der Waals surface area contributed by atoms with Crippen molar-refractivity contribution in [2.75, 3.05) is 20.2 Å². The van der Waals surface area contributed by atoms with E-state index in [4.69, 9.17) is 6.42 Å². The van der Waals surface area contributed by atoms with Gasteiger partial charge in [0.2, 0.25) is 0 Å². The number of rotatable bonds is 2. The standard InChI is InChI=1S/C9H13NO2/c1-3-6-10-7-4-5-8(10)9(11)12-2/h1,8H,4-7H2,2H3/t8-/m0/s1. The van der Waals surface area contributed by atoms with Gasteiger partial charge in [0.05, 0.1) is 13.7 Å². The summed E-state index contributed by atoms with van der Waals surface area (Å²) in [6, 6.07) is -0.106. The highest BCUT2D eigenvalue weighted by atomic mass is 16.5. The van der Waals surface area contributed by atoms with Crippen LogP contribution in [-0.4, -0.2) is 37.1 Å². The van der Waals surface area contributed by atoms with E-state index >= 15 is 0 Å². The number of methoxy groups -OCH3 is 1. The van der Waals surface area contributed by atoms with E-state index < -0.39 is 0 Å². The maximum Gasteiger partial charge on any atom is 0.323 e. The van der Waals surface area contributed by atoms with Crippen LogP contribution in [0, 0.1) is 12.3 Å². The molecule has 0 aromatic heterocycles. The second-order valence-electron chi connectivity index (χ2n) is 2.86. The molecule has 1 saturated heterocycles. The van der Waals surface area contributed by atoms with E-state index in [1.807, 2.05) is 4.90 Å². The third-order valence-electron chi connectivity index (χ3n) is 2.13. The van der Waals surface area contributed by atoms with Gasteiger partial charge in [-0.1, -0.05) is 5.92 Å². The lowest BCUT2D eigenvalue weighted by Crippen LogP contribution is -2.36. The highest BCUT2D eigenvalue weighted by Crippen LogP contribution is 2.17. The first-order valence-corrected chi connectivity index (χ1v) is 4.05. The average molecular weight is 167 g/mol. The van der Waals surface area contributed by atoms with Crippen molar-refractivity contribution < 1.29 is 9.53 Å². The van der Waals surface area contributed by atoms with E-state index in [2.05, 4.69) is 10.7 Å². The molecule has 0 N–H and O–H groups in total. The molecular formula is C9H13NO2. The zero-order valence-electron chi connectivity index (χ0n) is 7.25. The third kappa shape index (κ3) is 1.77. The van der Waals surface area contributed by atoms with Crippen LogP contribution in [-0.2, 0) is 9.53 Å². The zero-order chi connectivity index (χ0) is 8.97. The molecule has 12 heavy (non-hydrogen) atoms. The van der Waals surface area contributed by atoms with Crippen molar-refractivity contribution in [2.24, 2.45) is 0 Å². The number of esters is 1. The molecule has 3 heteroatoms. The summed E-state index contributed by atoms with van der Waals surface area (Å²) in [6.07, 6.45) is 7.07. The summed E-state index contributed by atoms with van der Waals surface area (Å²) in [6.45, 7) is 1.45. The van der Waals surface area contributed by atoms with Gasteiger partial charge in [-0.3, -0.25) is 9.69 Å². The Balaban J connectivity index is 2.52. The molecule has 0 unspecified atom stereocenters. The number of likely N-dealkylation sites (tertiary alicyclic amines) is 1. The summed E-state index contributed by atoms with van der Waals surface area (Å²) in [5, 5.41) is 0. The molecule has 0 amide bonds. The topological polar surface area (TPSA) is 29.5 Å². The lowest BCUT2D eigenvalue weighted by atomic mass is 10.2. The van der Waals surface area contributed by atoms with Crippen molar-refractivity contribution in [3.05, 3.63) is 0 Å². The number of carbonyl (C=O) groups is 1. The molecule has 66 valence electrons. The fourth-order valence-corrected chi connectivity index (χ4v) is 1.54. The van der Waals surface area contributed by atoms with E-state index in [1.54, 1.807) is 0 Å². The molecular weight excluding hydrogens is 154 g/mol. The number of hydrogen-bond donors (Lipinski definition) is 0. The molecule has 0 aliphatic carbocycles. The number of hydrogen-bond acceptors (Lipinski definition) is 3. The van der Waals surface area contributed by atoms with E-state index in [0.717, 1.165) is 19.4 Å². The molecule has 1 aliphatic rings. The Morgan fingerprint density at radius 2 is 2.58 bits per heavy atom. The quantitative estimate of drug-likeness (QED) is 0.436. The van der Waals surface area contributed by atoms with Crippen molar-refractivity contribution in [3.8, 4) is 12.3 Å². The molecule has 0 saturated carbocycles. The smallest absolute Gasteiger partial charge is 0.323 e. The Morgan fingerprint density at radius 1 is 1.83 bits per heavy atom. The van der Waals surface area contributed by atoms with Crippen molar-refractivity contribution in [2.45, 2.75) is 18.9 Å². The molecule has 0 spiro atoms. The highest BCUT2D eigenvalue weighted by molar-refractivity contribution is 5.76. The van der Waals surface area contributed by atoms with Crippen LogP contribution in [0.1, 0.15) is 12.8 Å². The molecule has 0 aromatic rings. The van der Waals surface area contributed by atoms with Crippen LogP contribution in [0.4, 0.5) is 0 Å². The monoisotopic (exact) mass is 167 g/mol. The first-order chi connectivity index (χ1) is 5.79. The fraction of sp³-hybridized carbons (Fsp3) is 0.667. The highest BCUT2D eigenvalue weighted by Gasteiger charge is 2.30. The van der Waals surface area contributed by atoms with Crippen LogP contribution in [0.5, 0.6) is 0 Å². The Morgan fingerprint density at radius 3 is 3.17 bits per heavy atom. The number of nitrogens with zero attached hydrogens (tertiary/aromatic N) is 1. The van der Waals surface area contributed by atoms with E-state index in [1.165, 1.54) is 7.11 Å². The van der Waals surface area contributed by atoms with Gasteiger partial charge in [-0.05, 0) is 12.8 Å². The van der Waals surface area contributed by atoms with Crippen molar-refractivity contribution in [1.29, 1.82) is 0 Å².